The number of amides is 2. The standard InChI is InChI=1S/C10H14BNO4/c1-7-8(11)10(15)12(9(7)14)3-6-16-5-2-4-13/h4,7-8H,2-3,5-6H2,1H3. The van der Waals surface area contributed by atoms with Gasteiger partial charge in [-0.2, -0.15) is 0 Å². The average Bonchev–Trinajstić information content (AvgIpc) is 2.46. The van der Waals surface area contributed by atoms with E-state index in [0.29, 0.717) is 13.0 Å². The van der Waals surface area contributed by atoms with E-state index in [0.717, 1.165) is 11.2 Å². The maximum atomic E-state index is 11.6. The van der Waals surface area contributed by atoms with Crippen LogP contribution >= 0.6 is 0 Å². The number of ether oxygens (including phenoxy) is 1. The monoisotopic (exact) mass is 223 g/mol. The number of hydrogen-bond acceptors (Lipinski definition) is 4. The lowest BCUT2D eigenvalue weighted by molar-refractivity contribution is -0.140. The highest BCUT2D eigenvalue weighted by atomic mass is 16.5. The Hall–Kier alpha value is -1.17. The van der Waals surface area contributed by atoms with Gasteiger partial charge in [0.15, 0.2) is 0 Å². The third kappa shape index (κ3) is 2.69. The normalized spacial score (nSPS) is 25.2. The summed E-state index contributed by atoms with van der Waals surface area (Å²) in [6.45, 7) is 2.39. The summed E-state index contributed by atoms with van der Waals surface area (Å²) >= 11 is 0. The molecular formula is C10H14BNO4. The second-order valence-corrected chi connectivity index (χ2v) is 3.71. The zero-order valence-electron chi connectivity index (χ0n) is 9.22. The Kier molecular flexibility index (Phi) is 4.67. The zero-order chi connectivity index (χ0) is 12.1. The summed E-state index contributed by atoms with van der Waals surface area (Å²) in [5, 5.41) is 0. The molecule has 0 spiro atoms. The van der Waals surface area contributed by atoms with Crippen molar-refractivity contribution in [1.82, 2.24) is 4.90 Å². The Morgan fingerprint density at radius 1 is 1.38 bits per heavy atom. The number of hydrogen-bond donors (Lipinski definition) is 0. The molecule has 1 fully saturated rings. The lowest BCUT2D eigenvalue weighted by atomic mass is 9.79. The Morgan fingerprint density at radius 3 is 2.56 bits per heavy atom. The molecule has 16 heavy (non-hydrogen) atoms. The second kappa shape index (κ2) is 5.79. The maximum Gasteiger partial charge on any atom is 0.232 e. The van der Waals surface area contributed by atoms with Crippen molar-refractivity contribution in [2.45, 2.75) is 19.2 Å². The molecule has 2 unspecified atom stereocenters. The molecule has 2 amide bonds. The molecule has 0 aromatic carbocycles. The van der Waals surface area contributed by atoms with Crippen molar-refractivity contribution >= 4 is 25.9 Å². The van der Waals surface area contributed by atoms with Crippen LogP contribution in [0.15, 0.2) is 0 Å². The van der Waals surface area contributed by atoms with Gasteiger partial charge >= 0.3 is 0 Å². The van der Waals surface area contributed by atoms with Crippen LogP contribution in [-0.4, -0.2) is 50.6 Å². The maximum absolute atomic E-state index is 11.6. The summed E-state index contributed by atoms with van der Waals surface area (Å²) in [6, 6.07) is 0. The molecule has 1 heterocycles. The van der Waals surface area contributed by atoms with Gasteiger partial charge in [0.25, 0.3) is 0 Å². The van der Waals surface area contributed by atoms with Gasteiger partial charge in [0, 0.05) is 18.2 Å². The van der Waals surface area contributed by atoms with Crippen molar-refractivity contribution in [2.75, 3.05) is 19.8 Å². The summed E-state index contributed by atoms with van der Waals surface area (Å²) in [5.41, 5.74) is 0. The number of rotatable bonds is 6. The largest absolute Gasteiger partial charge is 0.379 e. The molecule has 86 valence electrons. The molecule has 5 nitrogen and oxygen atoms in total. The van der Waals surface area contributed by atoms with Gasteiger partial charge in [0.05, 0.1) is 27.6 Å². The quantitative estimate of drug-likeness (QED) is 0.265. The number of carbonyl (C=O) groups excluding carboxylic acids is 3. The highest BCUT2D eigenvalue weighted by Crippen LogP contribution is 2.27. The molecule has 1 saturated heterocycles. The van der Waals surface area contributed by atoms with Crippen LogP contribution in [0.5, 0.6) is 0 Å². The van der Waals surface area contributed by atoms with Crippen LogP contribution in [0.3, 0.4) is 0 Å². The van der Waals surface area contributed by atoms with Gasteiger partial charge in [-0.1, -0.05) is 6.92 Å². The third-order valence-electron chi connectivity index (χ3n) is 2.58. The molecule has 0 saturated carbocycles. The minimum Gasteiger partial charge on any atom is -0.379 e. The van der Waals surface area contributed by atoms with E-state index in [-0.39, 0.29) is 25.0 Å². The van der Waals surface area contributed by atoms with Crippen molar-refractivity contribution in [3.8, 4) is 0 Å². The van der Waals surface area contributed by atoms with Gasteiger partial charge < -0.3 is 9.53 Å². The van der Waals surface area contributed by atoms with Crippen LogP contribution < -0.4 is 0 Å². The summed E-state index contributed by atoms with van der Waals surface area (Å²) < 4.78 is 5.08. The molecular weight excluding hydrogens is 209 g/mol. The van der Waals surface area contributed by atoms with E-state index < -0.39 is 11.7 Å². The molecule has 0 aromatic rings. The number of imide groups is 1. The number of carbonyl (C=O) groups is 3. The van der Waals surface area contributed by atoms with E-state index in [9.17, 15) is 14.4 Å². The first-order valence-electron chi connectivity index (χ1n) is 5.21. The fourth-order valence-corrected chi connectivity index (χ4v) is 1.51. The first-order valence-corrected chi connectivity index (χ1v) is 5.21. The van der Waals surface area contributed by atoms with Crippen LogP contribution in [0, 0.1) is 5.92 Å². The minimum atomic E-state index is -0.734. The van der Waals surface area contributed by atoms with Crippen molar-refractivity contribution in [1.29, 1.82) is 0 Å². The van der Waals surface area contributed by atoms with Gasteiger partial charge in [-0.25, -0.2) is 0 Å². The summed E-state index contributed by atoms with van der Waals surface area (Å²) in [6.07, 6.45) is 1.07. The fraction of sp³-hybridized carbons (Fsp3) is 0.700. The van der Waals surface area contributed by atoms with Gasteiger partial charge in [-0.15, -0.1) is 0 Å². The molecule has 1 aliphatic rings. The lowest BCUT2D eigenvalue weighted by Crippen LogP contribution is -2.33. The molecule has 0 aliphatic carbocycles. The van der Waals surface area contributed by atoms with E-state index in [2.05, 4.69) is 0 Å². The van der Waals surface area contributed by atoms with E-state index in [1.54, 1.807) is 6.92 Å². The SMILES string of the molecule is [B]C1C(=O)N(CCOCCC=O)C(=O)C1C. The first-order chi connectivity index (χ1) is 7.59. The van der Waals surface area contributed by atoms with Gasteiger partial charge in [-0.05, 0) is 0 Å². The Labute approximate surface area is 95.5 Å². The topological polar surface area (TPSA) is 63.7 Å². The second-order valence-electron chi connectivity index (χ2n) is 3.71. The van der Waals surface area contributed by atoms with Crippen molar-refractivity contribution in [3.63, 3.8) is 0 Å². The molecule has 2 radical (unpaired) electrons. The highest BCUT2D eigenvalue weighted by Gasteiger charge is 2.41. The van der Waals surface area contributed by atoms with E-state index >= 15 is 0 Å². The predicted octanol–water partition coefficient (Wildman–Crippen LogP) is -0.446. The lowest BCUT2D eigenvalue weighted by Gasteiger charge is -2.14. The summed E-state index contributed by atoms with van der Waals surface area (Å²) in [4.78, 5) is 34.2. The average molecular weight is 223 g/mol. The molecule has 2 atom stereocenters. The Bertz CT molecular complexity index is 275. The molecule has 0 aromatic heterocycles. The van der Waals surface area contributed by atoms with E-state index in [4.69, 9.17) is 12.6 Å². The number of likely N-dealkylation sites (tertiary alicyclic amines) is 1. The first kappa shape index (κ1) is 12.9. The van der Waals surface area contributed by atoms with E-state index in [1.807, 2.05) is 0 Å². The summed E-state index contributed by atoms with van der Waals surface area (Å²) in [7, 11) is 5.56. The smallest absolute Gasteiger partial charge is 0.232 e. The van der Waals surface area contributed by atoms with E-state index in [1.165, 1.54) is 0 Å². The fourth-order valence-electron chi connectivity index (χ4n) is 1.51. The number of aldehydes is 1. The molecule has 1 aliphatic heterocycles. The molecule has 1 rings (SSSR count). The van der Waals surface area contributed by atoms with Gasteiger partial charge in [0.1, 0.15) is 6.29 Å². The van der Waals surface area contributed by atoms with Crippen LogP contribution in [0.2, 0.25) is 5.82 Å². The van der Waals surface area contributed by atoms with Crippen LogP contribution in [0.25, 0.3) is 0 Å². The van der Waals surface area contributed by atoms with Crippen LogP contribution in [0.1, 0.15) is 13.3 Å². The Balaban J connectivity index is 2.34. The molecule has 0 bridgehead atoms. The molecule has 6 heteroatoms. The zero-order valence-corrected chi connectivity index (χ0v) is 9.22. The minimum absolute atomic E-state index is 0.203. The molecule has 0 N–H and O–H groups in total. The number of nitrogens with zero attached hydrogens (tertiary/aromatic N) is 1. The van der Waals surface area contributed by atoms with Crippen LogP contribution in [0.4, 0.5) is 0 Å². The highest BCUT2D eigenvalue weighted by molar-refractivity contribution is 6.30. The predicted molar refractivity (Wildman–Crippen MR) is 56.9 cm³/mol. The van der Waals surface area contributed by atoms with Crippen molar-refractivity contribution < 1.29 is 19.1 Å². The van der Waals surface area contributed by atoms with Crippen molar-refractivity contribution in [3.05, 3.63) is 0 Å². The Morgan fingerprint density at radius 2 is 2.06 bits per heavy atom. The summed E-state index contributed by atoms with van der Waals surface area (Å²) in [5.74, 6) is -1.79. The third-order valence-corrected chi connectivity index (χ3v) is 2.58. The van der Waals surface area contributed by atoms with Gasteiger partial charge in [-0.3, -0.25) is 14.5 Å². The van der Waals surface area contributed by atoms with Gasteiger partial charge in [0.2, 0.25) is 11.8 Å². The van der Waals surface area contributed by atoms with Crippen molar-refractivity contribution in [2.24, 2.45) is 5.92 Å². The van der Waals surface area contributed by atoms with Crippen LogP contribution in [-0.2, 0) is 19.1 Å².